The first-order chi connectivity index (χ1) is 5.72. The molecule has 0 heterocycles. The molecule has 2 atom stereocenters. The normalized spacial score (nSPS) is 26.8. The van der Waals surface area contributed by atoms with E-state index in [9.17, 15) is 9.90 Å². The van der Waals surface area contributed by atoms with Crippen LogP contribution in [0.25, 0.3) is 0 Å². The molecule has 3 heteroatoms. The topological polar surface area (TPSA) is 40.1 Å². The summed E-state index contributed by atoms with van der Waals surface area (Å²) in [5.74, 6) is 0.625. The Balaban J connectivity index is 0.00000144. The van der Waals surface area contributed by atoms with Crippen molar-refractivity contribution in [2.45, 2.75) is 45.4 Å². The Hall–Kier alpha value is -0.0105. The van der Waals surface area contributed by atoms with Gasteiger partial charge < -0.3 is 9.90 Å². The fourth-order valence-corrected chi connectivity index (χ4v) is 2.13. The number of carbonyl (C=O) groups excluding carboxylic acids is 1. The van der Waals surface area contributed by atoms with Gasteiger partial charge in [0.05, 0.1) is 0 Å². The van der Waals surface area contributed by atoms with Gasteiger partial charge in [0.1, 0.15) is 0 Å². The Bertz CT molecular complexity index is 159. The van der Waals surface area contributed by atoms with Crippen LogP contribution in [0, 0.1) is 11.8 Å². The first-order valence-electron chi connectivity index (χ1n) is 4.92. The molecular formula is C10H17CuO2+. The van der Waals surface area contributed by atoms with E-state index in [2.05, 4.69) is 6.92 Å². The second-order valence-corrected chi connectivity index (χ2v) is 3.86. The standard InChI is InChI=1S/C10H18O2.Cu/c1-2-8-3-4-9(7-8)5-6-10(11)12;/h8-9H,2-7H2,1H3,(H,11,12);/q;+2/p-1. The Morgan fingerprint density at radius 1 is 1.38 bits per heavy atom. The van der Waals surface area contributed by atoms with Gasteiger partial charge >= 0.3 is 17.1 Å². The molecule has 2 nitrogen and oxygen atoms in total. The van der Waals surface area contributed by atoms with Gasteiger partial charge in [-0.25, -0.2) is 0 Å². The molecular weight excluding hydrogens is 216 g/mol. The summed E-state index contributed by atoms with van der Waals surface area (Å²) in [6.07, 6.45) is 6.10. The first-order valence-corrected chi connectivity index (χ1v) is 4.92. The average Bonchev–Trinajstić information content (AvgIpc) is 2.48. The van der Waals surface area contributed by atoms with Gasteiger partial charge in [0, 0.05) is 5.97 Å². The SMILES string of the molecule is CCC1CCC(CCC(=O)[O-])C1.[Cu+2]. The van der Waals surface area contributed by atoms with E-state index < -0.39 is 5.97 Å². The van der Waals surface area contributed by atoms with Crippen LogP contribution >= 0.6 is 0 Å². The molecule has 1 radical (unpaired) electrons. The maximum atomic E-state index is 10.2. The van der Waals surface area contributed by atoms with Crippen molar-refractivity contribution in [2.75, 3.05) is 0 Å². The van der Waals surface area contributed by atoms with E-state index in [1.165, 1.54) is 25.7 Å². The number of carboxylic acid groups (broad SMARTS) is 1. The Morgan fingerprint density at radius 2 is 2.00 bits per heavy atom. The van der Waals surface area contributed by atoms with Gasteiger partial charge in [-0.2, -0.15) is 0 Å². The summed E-state index contributed by atoms with van der Waals surface area (Å²) in [5.41, 5.74) is 0. The van der Waals surface area contributed by atoms with Crippen molar-refractivity contribution in [3.63, 3.8) is 0 Å². The van der Waals surface area contributed by atoms with Crippen molar-refractivity contribution < 1.29 is 27.0 Å². The van der Waals surface area contributed by atoms with Crippen molar-refractivity contribution in [3.05, 3.63) is 0 Å². The molecule has 0 spiro atoms. The van der Waals surface area contributed by atoms with Crippen LogP contribution in [0.4, 0.5) is 0 Å². The molecule has 0 aromatic rings. The Morgan fingerprint density at radius 3 is 2.46 bits per heavy atom. The van der Waals surface area contributed by atoms with Gasteiger partial charge in [-0.15, -0.1) is 0 Å². The largest absolute Gasteiger partial charge is 2.00 e. The monoisotopic (exact) mass is 232 g/mol. The minimum atomic E-state index is -0.894. The molecule has 2 unspecified atom stereocenters. The minimum Gasteiger partial charge on any atom is -0.550 e. The molecule has 79 valence electrons. The number of carboxylic acids is 1. The van der Waals surface area contributed by atoms with Crippen molar-refractivity contribution in [3.8, 4) is 0 Å². The van der Waals surface area contributed by atoms with Gasteiger partial charge in [-0.05, 0) is 31.1 Å². The van der Waals surface area contributed by atoms with Gasteiger partial charge in [-0.1, -0.05) is 26.2 Å². The van der Waals surface area contributed by atoms with Gasteiger partial charge in [0.15, 0.2) is 0 Å². The predicted octanol–water partition coefficient (Wildman–Crippen LogP) is 1.34. The van der Waals surface area contributed by atoms with Crippen LogP contribution in [0.15, 0.2) is 0 Å². The number of carbonyl (C=O) groups is 1. The summed E-state index contributed by atoms with van der Waals surface area (Å²) >= 11 is 0. The minimum absolute atomic E-state index is 0. The van der Waals surface area contributed by atoms with Crippen LogP contribution in [0.3, 0.4) is 0 Å². The van der Waals surface area contributed by atoms with E-state index in [0.29, 0.717) is 5.92 Å². The zero-order valence-electron chi connectivity index (χ0n) is 8.02. The smallest absolute Gasteiger partial charge is 0.550 e. The zero-order valence-corrected chi connectivity index (χ0v) is 8.96. The van der Waals surface area contributed by atoms with E-state index in [0.717, 1.165) is 12.3 Å². The molecule has 0 N–H and O–H groups in total. The number of rotatable bonds is 4. The number of hydrogen-bond donors (Lipinski definition) is 0. The van der Waals surface area contributed by atoms with Crippen LogP contribution in [0.1, 0.15) is 45.4 Å². The van der Waals surface area contributed by atoms with Crippen LogP contribution in [-0.4, -0.2) is 5.97 Å². The summed E-state index contributed by atoms with van der Waals surface area (Å²) in [6.45, 7) is 2.21. The van der Waals surface area contributed by atoms with Crippen molar-refractivity contribution >= 4 is 5.97 Å². The number of aliphatic carboxylic acids is 1. The van der Waals surface area contributed by atoms with Crippen molar-refractivity contribution in [1.82, 2.24) is 0 Å². The summed E-state index contributed by atoms with van der Waals surface area (Å²) in [5, 5.41) is 10.2. The third-order valence-electron chi connectivity index (χ3n) is 2.98. The third-order valence-corrected chi connectivity index (χ3v) is 2.98. The van der Waals surface area contributed by atoms with Crippen molar-refractivity contribution in [2.24, 2.45) is 11.8 Å². The maximum Gasteiger partial charge on any atom is 2.00 e. The van der Waals surface area contributed by atoms with E-state index >= 15 is 0 Å². The third kappa shape index (κ3) is 4.68. The van der Waals surface area contributed by atoms with Gasteiger partial charge in [0.25, 0.3) is 0 Å². The van der Waals surface area contributed by atoms with E-state index in [1.807, 2.05) is 0 Å². The molecule has 13 heavy (non-hydrogen) atoms. The summed E-state index contributed by atoms with van der Waals surface area (Å²) in [6, 6.07) is 0. The van der Waals surface area contributed by atoms with E-state index in [-0.39, 0.29) is 23.5 Å². The van der Waals surface area contributed by atoms with Crippen LogP contribution in [0.5, 0.6) is 0 Å². The Kier molecular flexibility index (Phi) is 6.44. The van der Waals surface area contributed by atoms with Gasteiger partial charge in [0.2, 0.25) is 0 Å². The van der Waals surface area contributed by atoms with E-state index in [1.54, 1.807) is 0 Å². The summed E-state index contributed by atoms with van der Waals surface area (Å²) in [4.78, 5) is 10.2. The second-order valence-electron chi connectivity index (χ2n) is 3.86. The van der Waals surface area contributed by atoms with Crippen LogP contribution in [-0.2, 0) is 21.9 Å². The molecule has 1 aliphatic carbocycles. The Labute approximate surface area is 90.6 Å². The van der Waals surface area contributed by atoms with Crippen LogP contribution < -0.4 is 5.11 Å². The predicted molar refractivity (Wildman–Crippen MR) is 45.4 cm³/mol. The van der Waals surface area contributed by atoms with Crippen LogP contribution in [0.2, 0.25) is 0 Å². The molecule has 1 fully saturated rings. The quantitative estimate of drug-likeness (QED) is 0.687. The summed E-state index contributed by atoms with van der Waals surface area (Å²) in [7, 11) is 0. The molecule has 0 saturated heterocycles. The molecule has 0 amide bonds. The summed E-state index contributed by atoms with van der Waals surface area (Å²) < 4.78 is 0. The molecule has 0 aliphatic heterocycles. The first kappa shape index (κ1) is 13.0. The average molecular weight is 233 g/mol. The van der Waals surface area contributed by atoms with Gasteiger partial charge in [-0.3, -0.25) is 0 Å². The van der Waals surface area contributed by atoms with E-state index in [4.69, 9.17) is 0 Å². The molecule has 1 aliphatic rings. The molecule has 1 rings (SSSR count). The molecule has 0 bridgehead atoms. The fraction of sp³-hybridized carbons (Fsp3) is 0.900. The fourth-order valence-electron chi connectivity index (χ4n) is 2.13. The molecule has 0 aromatic heterocycles. The van der Waals surface area contributed by atoms with Crippen molar-refractivity contribution in [1.29, 1.82) is 0 Å². The molecule has 1 saturated carbocycles. The number of hydrogen-bond acceptors (Lipinski definition) is 2. The second kappa shape index (κ2) is 6.44. The zero-order chi connectivity index (χ0) is 8.97. The molecule has 0 aromatic carbocycles. The maximum absolute atomic E-state index is 10.2.